The van der Waals surface area contributed by atoms with Crippen LogP contribution in [0, 0.1) is 17.3 Å². The van der Waals surface area contributed by atoms with Gasteiger partial charge in [-0.05, 0) is 24.7 Å². The zero-order chi connectivity index (χ0) is 12.3. The molecule has 0 heterocycles. The van der Waals surface area contributed by atoms with Crippen molar-refractivity contribution < 1.29 is 14.7 Å². The van der Waals surface area contributed by atoms with E-state index in [0.717, 1.165) is 19.3 Å². The summed E-state index contributed by atoms with van der Waals surface area (Å²) >= 11 is 0. The van der Waals surface area contributed by atoms with E-state index in [1.165, 1.54) is 0 Å². The number of rotatable bonds is 5. The number of Topliss-reactive ketones (excluding diaryl/α,β-unsaturated/α-hetero) is 1. The summed E-state index contributed by atoms with van der Waals surface area (Å²) < 4.78 is 0. The lowest BCUT2D eigenvalue weighted by molar-refractivity contribution is -0.308. The largest absolute Gasteiger partial charge is 0.550 e. The molecule has 3 unspecified atom stereocenters. The quantitative estimate of drug-likeness (QED) is 0.713. The second-order valence-corrected chi connectivity index (χ2v) is 5.41. The van der Waals surface area contributed by atoms with E-state index in [2.05, 4.69) is 6.92 Å². The summed E-state index contributed by atoms with van der Waals surface area (Å²) in [5.74, 6) is -0.866. The van der Waals surface area contributed by atoms with Crippen molar-refractivity contribution in [1.82, 2.24) is 0 Å². The highest BCUT2D eigenvalue weighted by Gasteiger charge is 2.47. The SMILES string of the molecule is CCCCC1C(=O)C(C)CC1(C)CC(=O)[O-]. The third kappa shape index (κ3) is 2.63. The van der Waals surface area contributed by atoms with Gasteiger partial charge in [0, 0.05) is 17.8 Å². The maximum absolute atomic E-state index is 12.0. The summed E-state index contributed by atoms with van der Waals surface area (Å²) in [6.07, 6.45) is 3.56. The second kappa shape index (κ2) is 4.98. The molecule has 3 atom stereocenters. The van der Waals surface area contributed by atoms with Crippen molar-refractivity contribution in [2.24, 2.45) is 17.3 Å². The van der Waals surface area contributed by atoms with Gasteiger partial charge in [0.1, 0.15) is 5.78 Å². The third-order valence-electron chi connectivity index (χ3n) is 3.84. The summed E-state index contributed by atoms with van der Waals surface area (Å²) in [4.78, 5) is 22.8. The van der Waals surface area contributed by atoms with Gasteiger partial charge in [-0.3, -0.25) is 4.79 Å². The molecule has 0 aromatic rings. The lowest BCUT2D eigenvalue weighted by atomic mass is 9.74. The minimum Gasteiger partial charge on any atom is -0.550 e. The van der Waals surface area contributed by atoms with E-state index in [1.807, 2.05) is 13.8 Å². The van der Waals surface area contributed by atoms with Gasteiger partial charge < -0.3 is 9.90 Å². The van der Waals surface area contributed by atoms with Crippen LogP contribution in [0.5, 0.6) is 0 Å². The van der Waals surface area contributed by atoms with Crippen molar-refractivity contribution in [3.8, 4) is 0 Å². The Morgan fingerprint density at radius 1 is 1.56 bits per heavy atom. The Bertz CT molecular complexity index is 285. The Morgan fingerprint density at radius 3 is 2.69 bits per heavy atom. The van der Waals surface area contributed by atoms with Crippen molar-refractivity contribution in [1.29, 1.82) is 0 Å². The summed E-state index contributed by atoms with van der Waals surface area (Å²) in [6, 6.07) is 0. The molecule has 92 valence electrons. The van der Waals surface area contributed by atoms with Gasteiger partial charge in [-0.25, -0.2) is 0 Å². The fourth-order valence-electron chi connectivity index (χ4n) is 3.05. The molecule has 0 N–H and O–H groups in total. The van der Waals surface area contributed by atoms with Crippen LogP contribution in [0.1, 0.15) is 52.9 Å². The van der Waals surface area contributed by atoms with Gasteiger partial charge in [0.05, 0.1) is 0 Å². The van der Waals surface area contributed by atoms with E-state index in [9.17, 15) is 14.7 Å². The van der Waals surface area contributed by atoms with Crippen LogP contribution in [0.2, 0.25) is 0 Å². The minimum absolute atomic E-state index is 0.00575. The van der Waals surface area contributed by atoms with Gasteiger partial charge in [0.15, 0.2) is 0 Å². The molecule has 1 aliphatic carbocycles. The van der Waals surface area contributed by atoms with Gasteiger partial charge in [-0.2, -0.15) is 0 Å². The molecule has 0 aliphatic heterocycles. The van der Waals surface area contributed by atoms with Crippen LogP contribution in [-0.2, 0) is 9.59 Å². The van der Waals surface area contributed by atoms with Crippen LogP contribution >= 0.6 is 0 Å². The number of carboxylic acids is 1. The molecule has 0 aromatic heterocycles. The van der Waals surface area contributed by atoms with Crippen LogP contribution < -0.4 is 5.11 Å². The van der Waals surface area contributed by atoms with E-state index in [-0.39, 0.29) is 29.5 Å². The van der Waals surface area contributed by atoms with Gasteiger partial charge in [-0.15, -0.1) is 0 Å². The predicted octanol–water partition coefficient (Wildman–Crippen LogP) is 1.55. The number of unbranched alkanes of at least 4 members (excludes halogenated alkanes) is 1. The lowest BCUT2D eigenvalue weighted by Crippen LogP contribution is -2.34. The highest BCUT2D eigenvalue weighted by Crippen LogP contribution is 2.48. The fourth-order valence-corrected chi connectivity index (χ4v) is 3.05. The maximum Gasteiger partial charge on any atom is 0.139 e. The zero-order valence-corrected chi connectivity index (χ0v) is 10.4. The first-order valence-corrected chi connectivity index (χ1v) is 6.14. The highest BCUT2D eigenvalue weighted by atomic mass is 16.4. The molecule has 3 nitrogen and oxygen atoms in total. The lowest BCUT2D eigenvalue weighted by Gasteiger charge is -2.31. The summed E-state index contributed by atoms with van der Waals surface area (Å²) in [5, 5.41) is 10.8. The molecule has 3 heteroatoms. The highest BCUT2D eigenvalue weighted by molar-refractivity contribution is 5.87. The van der Waals surface area contributed by atoms with Gasteiger partial charge in [0.2, 0.25) is 0 Å². The van der Waals surface area contributed by atoms with Crippen LogP contribution in [0.4, 0.5) is 0 Å². The average molecular weight is 225 g/mol. The van der Waals surface area contributed by atoms with Gasteiger partial charge in [-0.1, -0.05) is 33.6 Å². The van der Waals surface area contributed by atoms with E-state index in [1.54, 1.807) is 0 Å². The molecule has 0 saturated heterocycles. The average Bonchev–Trinajstić information content (AvgIpc) is 2.34. The monoisotopic (exact) mass is 225 g/mol. The first kappa shape index (κ1) is 13.2. The number of hydrogen-bond donors (Lipinski definition) is 0. The van der Waals surface area contributed by atoms with Crippen molar-refractivity contribution in [2.45, 2.75) is 52.9 Å². The van der Waals surface area contributed by atoms with Crippen LogP contribution in [0.25, 0.3) is 0 Å². The predicted molar refractivity (Wildman–Crippen MR) is 59.5 cm³/mol. The fraction of sp³-hybridized carbons (Fsp3) is 0.846. The zero-order valence-electron chi connectivity index (χ0n) is 10.4. The molecular weight excluding hydrogens is 204 g/mol. The van der Waals surface area contributed by atoms with Crippen molar-refractivity contribution in [3.05, 3.63) is 0 Å². The Kier molecular flexibility index (Phi) is 4.11. The van der Waals surface area contributed by atoms with Crippen molar-refractivity contribution in [3.63, 3.8) is 0 Å². The standard InChI is InChI=1S/C13H22O3/c1-4-5-6-10-12(16)9(2)7-13(10,3)8-11(14)15/h9-10H,4-8H2,1-3H3,(H,14,15)/p-1. The van der Waals surface area contributed by atoms with Crippen LogP contribution in [-0.4, -0.2) is 11.8 Å². The molecule has 16 heavy (non-hydrogen) atoms. The molecule has 0 spiro atoms. The van der Waals surface area contributed by atoms with Crippen LogP contribution in [0.15, 0.2) is 0 Å². The number of carboxylic acid groups (broad SMARTS) is 1. The molecule has 1 rings (SSSR count). The number of carbonyl (C=O) groups excluding carboxylic acids is 2. The van der Waals surface area contributed by atoms with Gasteiger partial charge >= 0.3 is 0 Å². The number of hydrogen-bond acceptors (Lipinski definition) is 3. The Labute approximate surface area is 97.2 Å². The second-order valence-electron chi connectivity index (χ2n) is 5.41. The summed E-state index contributed by atoms with van der Waals surface area (Å²) in [6.45, 7) is 5.91. The topological polar surface area (TPSA) is 57.2 Å². The van der Waals surface area contributed by atoms with Crippen molar-refractivity contribution in [2.75, 3.05) is 0 Å². The molecule has 0 bridgehead atoms. The Morgan fingerprint density at radius 2 is 2.19 bits per heavy atom. The number of ketones is 1. The molecule has 0 aromatic carbocycles. The molecular formula is C13H21O3-. The van der Waals surface area contributed by atoms with Crippen LogP contribution in [0.3, 0.4) is 0 Å². The van der Waals surface area contributed by atoms with E-state index in [0.29, 0.717) is 6.42 Å². The van der Waals surface area contributed by atoms with E-state index in [4.69, 9.17) is 0 Å². The summed E-state index contributed by atoms with van der Waals surface area (Å²) in [5.41, 5.74) is -0.384. The molecule has 1 saturated carbocycles. The minimum atomic E-state index is -1.04. The van der Waals surface area contributed by atoms with Gasteiger partial charge in [0.25, 0.3) is 0 Å². The van der Waals surface area contributed by atoms with Crippen molar-refractivity contribution >= 4 is 11.8 Å². The smallest absolute Gasteiger partial charge is 0.139 e. The first-order valence-electron chi connectivity index (χ1n) is 6.14. The summed E-state index contributed by atoms with van der Waals surface area (Å²) in [7, 11) is 0. The van der Waals surface area contributed by atoms with E-state index < -0.39 is 5.97 Å². The number of carbonyl (C=O) groups is 2. The molecule has 0 amide bonds. The molecule has 0 radical (unpaired) electrons. The third-order valence-corrected chi connectivity index (χ3v) is 3.84. The maximum atomic E-state index is 12.0. The number of aliphatic carboxylic acids is 1. The normalized spacial score (nSPS) is 34.3. The Balaban J connectivity index is 2.80. The van der Waals surface area contributed by atoms with E-state index >= 15 is 0 Å². The Hall–Kier alpha value is -0.860. The molecule has 1 fully saturated rings. The first-order chi connectivity index (χ1) is 7.40. The molecule has 1 aliphatic rings.